The van der Waals surface area contributed by atoms with Gasteiger partial charge in [0.1, 0.15) is 17.2 Å². The number of hydrogen-bond donors (Lipinski definition) is 1. The summed E-state index contributed by atoms with van der Waals surface area (Å²) in [5.41, 5.74) is 6.68. The van der Waals surface area contributed by atoms with E-state index in [9.17, 15) is 9.90 Å². The molecular formula is C37H36N2O7. The van der Waals surface area contributed by atoms with Crippen LogP contribution in [0.5, 0.6) is 40.2 Å². The first-order chi connectivity index (χ1) is 22.3. The lowest BCUT2D eigenvalue weighted by molar-refractivity contribution is 0.106. The van der Waals surface area contributed by atoms with Gasteiger partial charge in [0.2, 0.25) is 11.5 Å². The van der Waals surface area contributed by atoms with Gasteiger partial charge in [0, 0.05) is 46.9 Å². The summed E-state index contributed by atoms with van der Waals surface area (Å²) in [5.74, 6) is 2.97. The molecule has 0 aromatic heterocycles. The van der Waals surface area contributed by atoms with Gasteiger partial charge in [-0.1, -0.05) is 6.07 Å². The number of nitrogens with zero attached hydrogens (tertiary/aromatic N) is 2. The van der Waals surface area contributed by atoms with Crippen LogP contribution in [-0.2, 0) is 19.3 Å². The van der Waals surface area contributed by atoms with Gasteiger partial charge >= 0.3 is 0 Å². The second-order valence-corrected chi connectivity index (χ2v) is 11.8. The van der Waals surface area contributed by atoms with Crippen molar-refractivity contribution >= 4 is 11.5 Å². The van der Waals surface area contributed by atoms with Crippen LogP contribution in [0.3, 0.4) is 0 Å². The number of hydrogen-bond acceptors (Lipinski definition) is 9. The minimum atomic E-state index is -0.235. The number of phenols is 1. The number of Topliss-reactive ketones (excluding diaryl/α,β-unsaturated/α-hetero) is 1. The number of aromatic hydroxyl groups is 1. The second kappa shape index (κ2) is 11.7. The number of aliphatic imine (C=N–C) groups is 1. The first kappa shape index (κ1) is 29.7. The van der Waals surface area contributed by atoms with Crippen molar-refractivity contribution in [1.29, 1.82) is 0 Å². The van der Waals surface area contributed by atoms with Crippen LogP contribution in [-0.4, -0.2) is 70.1 Å². The van der Waals surface area contributed by atoms with Crippen LogP contribution >= 0.6 is 0 Å². The van der Waals surface area contributed by atoms with E-state index in [4.69, 9.17) is 28.7 Å². The number of likely N-dealkylation sites (N-methyl/N-ethyl adjacent to an activating group) is 1. The molecule has 0 saturated carbocycles. The maximum absolute atomic E-state index is 14.2. The number of phenolic OH excluding ortho intramolecular Hbond substituents is 1. The van der Waals surface area contributed by atoms with Crippen LogP contribution in [0.2, 0.25) is 0 Å². The molecule has 4 aromatic rings. The third-order valence-electron chi connectivity index (χ3n) is 9.31. The molecule has 46 heavy (non-hydrogen) atoms. The molecule has 0 fully saturated rings. The highest BCUT2D eigenvalue weighted by Gasteiger charge is 2.34. The molecule has 9 nitrogen and oxygen atoms in total. The number of benzene rings is 4. The monoisotopic (exact) mass is 620 g/mol. The van der Waals surface area contributed by atoms with Gasteiger partial charge in [0.05, 0.1) is 28.4 Å². The second-order valence-electron chi connectivity index (χ2n) is 11.8. The molecule has 3 heterocycles. The van der Waals surface area contributed by atoms with Crippen molar-refractivity contribution in [3.63, 3.8) is 0 Å². The fraction of sp³-hybridized carbons (Fsp3) is 0.297. The van der Waals surface area contributed by atoms with Gasteiger partial charge in [0.25, 0.3) is 0 Å². The highest BCUT2D eigenvalue weighted by atomic mass is 16.5. The number of ether oxygens (including phenoxy) is 5. The number of carbonyl (C=O) groups excluding carboxylic acids is 1. The van der Waals surface area contributed by atoms with Gasteiger partial charge in [-0.3, -0.25) is 14.7 Å². The smallest absolute Gasteiger partial charge is 0.211 e. The van der Waals surface area contributed by atoms with Crippen LogP contribution in [0.1, 0.15) is 44.2 Å². The van der Waals surface area contributed by atoms with Crippen molar-refractivity contribution in [1.82, 2.24) is 4.90 Å². The summed E-state index contributed by atoms with van der Waals surface area (Å²) in [6.45, 7) is 1.30. The first-order valence-electron chi connectivity index (χ1n) is 15.3. The van der Waals surface area contributed by atoms with E-state index in [0.29, 0.717) is 81.8 Å². The summed E-state index contributed by atoms with van der Waals surface area (Å²) in [5, 5.41) is 11.1. The third kappa shape index (κ3) is 4.82. The molecule has 9 heteroatoms. The van der Waals surface area contributed by atoms with Gasteiger partial charge in [-0.05, 0) is 91.5 Å². The van der Waals surface area contributed by atoms with E-state index in [1.807, 2.05) is 30.3 Å². The largest absolute Gasteiger partial charge is 0.507 e. The molecule has 6 bridgehead atoms. The fourth-order valence-electron chi connectivity index (χ4n) is 6.92. The van der Waals surface area contributed by atoms with Crippen molar-refractivity contribution in [2.24, 2.45) is 4.99 Å². The normalized spacial score (nSPS) is 16.9. The lowest BCUT2D eigenvalue weighted by Gasteiger charge is -2.37. The van der Waals surface area contributed by atoms with E-state index in [2.05, 4.69) is 11.9 Å². The van der Waals surface area contributed by atoms with Crippen LogP contribution in [0.15, 0.2) is 59.6 Å². The minimum Gasteiger partial charge on any atom is -0.507 e. The van der Waals surface area contributed by atoms with Crippen molar-refractivity contribution in [3.05, 3.63) is 88.0 Å². The molecule has 4 aromatic carbocycles. The highest BCUT2D eigenvalue weighted by Crippen LogP contribution is 2.51. The molecule has 1 unspecified atom stereocenters. The standard InChI is InChI=1S/C37H36N2O7/c1-39-13-11-22-18-32(44-4)36(45-5)37-33(22)27(39)15-20-6-8-28(40)25(14-20)26-16-23(7-9-29(26)42-2)35(41)34-24-19-31(46-37)30(43-3)17-21(24)10-12-38-34/h6-9,14,16-19,27,40H,10-13,15H2,1-5H3. The van der Waals surface area contributed by atoms with E-state index in [0.717, 1.165) is 35.2 Å². The Balaban J connectivity index is 1.55. The van der Waals surface area contributed by atoms with Gasteiger partial charge < -0.3 is 28.8 Å². The Bertz CT molecular complexity index is 1910. The van der Waals surface area contributed by atoms with E-state index >= 15 is 0 Å². The molecule has 3 aliphatic heterocycles. The number of methoxy groups -OCH3 is 4. The Morgan fingerprint density at radius 3 is 2.37 bits per heavy atom. The lowest BCUT2D eigenvalue weighted by Crippen LogP contribution is -2.34. The van der Waals surface area contributed by atoms with Gasteiger partial charge in [-0.15, -0.1) is 0 Å². The van der Waals surface area contributed by atoms with Crippen molar-refractivity contribution in [2.45, 2.75) is 25.3 Å². The number of fused-ring (bicyclic) bond motifs is 6. The Kier molecular flexibility index (Phi) is 7.56. The van der Waals surface area contributed by atoms with E-state index in [1.54, 1.807) is 52.7 Å². The van der Waals surface area contributed by atoms with Gasteiger partial charge in [-0.2, -0.15) is 0 Å². The number of rotatable bonds is 4. The van der Waals surface area contributed by atoms with Crippen LogP contribution < -0.4 is 23.7 Å². The van der Waals surface area contributed by atoms with E-state index in [1.165, 1.54) is 0 Å². The predicted octanol–water partition coefficient (Wildman–Crippen LogP) is 6.20. The van der Waals surface area contributed by atoms with Crippen molar-refractivity contribution in [2.75, 3.05) is 48.6 Å². The molecular weight excluding hydrogens is 584 g/mol. The average molecular weight is 621 g/mol. The van der Waals surface area contributed by atoms with Gasteiger partial charge in [0.15, 0.2) is 23.0 Å². The third-order valence-corrected chi connectivity index (χ3v) is 9.31. The molecule has 0 radical (unpaired) electrons. The van der Waals surface area contributed by atoms with Crippen LogP contribution in [0, 0.1) is 0 Å². The summed E-state index contributed by atoms with van der Waals surface area (Å²) in [4.78, 5) is 21.2. The van der Waals surface area contributed by atoms with Crippen LogP contribution in [0.25, 0.3) is 11.1 Å². The summed E-state index contributed by atoms with van der Waals surface area (Å²) < 4.78 is 30.2. The summed E-state index contributed by atoms with van der Waals surface area (Å²) in [6, 6.07) is 16.6. The first-order valence-corrected chi connectivity index (χ1v) is 15.3. The molecule has 0 saturated heterocycles. The van der Waals surface area contributed by atoms with Crippen molar-refractivity contribution in [3.8, 4) is 51.4 Å². The summed E-state index contributed by atoms with van der Waals surface area (Å²) in [7, 11) is 8.52. The van der Waals surface area contributed by atoms with Gasteiger partial charge in [-0.25, -0.2) is 0 Å². The Morgan fingerprint density at radius 2 is 1.61 bits per heavy atom. The molecule has 0 aliphatic carbocycles. The maximum Gasteiger partial charge on any atom is 0.211 e. The minimum absolute atomic E-state index is 0.0951. The zero-order chi connectivity index (χ0) is 32.1. The molecule has 236 valence electrons. The SMILES string of the molecule is COc1cc2c3cc1Oc1c(OC)c(OC)cc4c1C(Cc1ccc(O)c(c1)-c1cc(ccc1OC)C(=O)C3=NCC2)N(C)CC4. The zero-order valence-electron chi connectivity index (χ0n) is 26.6. The van der Waals surface area contributed by atoms with E-state index < -0.39 is 0 Å². The molecule has 1 N–H and O–H groups in total. The summed E-state index contributed by atoms with van der Waals surface area (Å²) >= 11 is 0. The number of carbonyl (C=O) groups is 1. The predicted molar refractivity (Wildman–Crippen MR) is 175 cm³/mol. The molecule has 1 atom stereocenters. The molecule has 0 amide bonds. The summed E-state index contributed by atoms with van der Waals surface area (Å²) in [6.07, 6.45) is 2.06. The Labute approximate surface area is 268 Å². The average Bonchev–Trinajstić information content (AvgIpc) is 3.08. The zero-order valence-corrected chi connectivity index (χ0v) is 26.6. The maximum atomic E-state index is 14.2. The topological polar surface area (TPSA) is 99.1 Å². The lowest BCUT2D eigenvalue weighted by atomic mass is 9.86. The quantitative estimate of drug-likeness (QED) is 0.288. The Morgan fingerprint density at radius 1 is 0.826 bits per heavy atom. The van der Waals surface area contributed by atoms with E-state index in [-0.39, 0.29) is 17.6 Å². The molecule has 3 aliphatic rings. The van der Waals surface area contributed by atoms with Crippen molar-refractivity contribution < 1.29 is 33.6 Å². The Hall–Kier alpha value is -5.02. The molecule has 7 rings (SSSR count). The molecule has 0 spiro atoms. The fourth-order valence-corrected chi connectivity index (χ4v) is 6.92. The van der Waals surface area contributed by atoms with Crippen LogP contribution in [0.4, 0.5) is 0 Å². The highest BCUT2D eigenvalue weighted by molar-refractivity contribution is 6.52. The number of ketones is 1.